The third-order valence-corrected chi connectivity index (χ3v) is 6.49. The van der Waals surface area contributed by atoms with E-state index in [1.54, 1.807) is 0 Å². The second kappa shape index (κ2) is 7.45. The number of fused-ring (bicyclic) bond motifs is 1. The van der Waals surface area contributed by atoms with E-state index in [4.69, 9.17) is 9.47 Å². The van der Waals surface area contributed by atoms with Gasteiger partial charge in [-0.3, -0.25) is 4.79 Å². The zero-order valence-electron chi connectivity index (χ0n) is 18.2. The molecule has 2 aliphatic rings. The van der Waals surface area contributed by atoms with E-state index in [9.17, 15) is 4.79 Å². The SMILES string of the molecule is Cc1ccc(NC(=O)C2(c3ccc4c(c3)OCO4)CC2)cc1-c1ccc(C(C)C)cc1. The van der Waals surface area contributed by atoms with E-state index in [0.717, 1.165) is 46.7 Å². The van der Waals surface area contributed by atoms with Crippen molar-refractivity contribution in [2.75, 3.05) is 12.1 Å². The van der Waals surface area contributed by atoms with Crippen molar-refractivity contribution < 1.29 is 14.3 Å². The summed E-state index contributed by atoms with van der Waals surface area (Å²) in [6.07, 6.45) is 1.68. The maximum atomic E-state index is 13.3. The average molecular weight is 414 g/mol. The molecule has 3 aromatic rings. The summed E-state index contributed by atoms with van der Waals surface area (Å²) < 4.78 is 10.9. The lowest BCUT2D eigenvalue weighted by atomic mass is 9.93. The summed E-state index contributed by atoms with van der Waals surface area (Å²) in [6, 6.07) is 20.7. The van der Waals surface area contributed by atoms with Crippen LogP contribution in [0.25, 0.3) is 11.1 Å². The number of nitrogens with one attached hydrogen (secondary N) is 1. The van der Waals surface area contributed by atoms with Gasteiger partial charge in [0, 0.05) is 5.69 Å². The van der Waals surface area contributed by atoms with Crippen LogP contribution in [0, 0.1) is 6.92 Å². The molecule has 1 fully saturated rings. The molecule has 0 bridgehead atoms. The standard InChI is InChI=1S/C27H27NO3/c1-17(2)19-5-7-20(8-6-19)23-15-22(10-4-18(23)3)28-26(29)27(12-13-27)21-9-11-24-25(14-21)31-16-30-24/h4-11,14-15,17H,12-13,16H2,1-3H3,(H,28,29). The molecule has 1 aliphatic heterocycles. The molecular formula is C27H27NO3. The Bertz CT molecular complexity index is 1140. The van der Waals surface area contributed by atoms with Gasteiger partial charge in [-0.2, -0.15) is 0 Å². The maximum Gasteiger partial charge on any atom is 0.235 e. The first kappa shape index (κ1) is 19.7. The minimum Gasteiger partial charge on any atom is -0.454 e. The van der Waals surface area contributed by atoms with Gasteiger partial charge in [-0.05, 0) is 77.8 Å². The molecule has 4 heteroatoms. The Morgan fingerprint density at radius 3 is 2.39 bits per heavy atom. The van der Waals surface area contributed by atoms with Crippen LogP contribution in [0.5, 0.6) is 11.5 Å². The number of carbonyl (C=O) groups excluding carboxylic acids is 1. The molecule has 0 saturated heterocycles. The second-order valence-electron chi connectivity index (χ2n) is 8.91. The van der Waals surface area contributed by atoms with Crippen LogP contribution < -0.4 is 14.8 Å². The monoisotopic (exact) mass is 413 g/mol. The third kappa shape index (κ3) is 3.56. The fourth-order valence-corrected chi connectivity index (χ4v) is 4.28. The highest BCUT2D eigenvalue weighted by Gasteiger charge is 2.51. The summed E-state index contributed by atoms with van der Waals surface area (Å²) in [5.41, 5.74) is 6.15. The number of carbonyl (C=O) groups is 1. The van der Waals surface area contributed by atoms with E-state index in [2.05, 4.69) is 62.5 Å². The lowest BCUT2D eigenvalue weighted by Gasteiger charge is -2.17. The van der Waals surface area contributed by atoms with E-state index >= 15 is 0 Å². The van der Waals surface area contributed by atoms with Crippen LogP contribution in [0.1, 0.15) is 49.3 Å². The number of aryl methyl sites for hydroxylation is 1. The van der Waals surface area contributed by atoms with Crippen LogP contribution in [-0.2, 0) is 10.2 Å². The molecular weight excluding hydrogens is 386 g/mol. The van der Waals surface area contributed by atoms with Crippen molar-refractivity contribution in [2.45, 2.75) is 44.9 Å². The predicted molar refractivity (Wildman–Crippen MR) is 123 cm³/mol. The van der Waals surface area contributed by atoms with Gasteiger partial charge in [0.2, 0.25) is 12.7 Å². The lowest BCUT2D eigenvalue weighted by molar-refractivity contribution is -0.118. The van der Waals surface area contributed by atoms with Gasteiger partial charge in [0.1, 0.15) is 0 Å². The van der Waals surface area contributed by atoms with Crippen LogP contribution in [0.3, 0.4) is 0 Å². The summed E-state index contributed by atoms with van der Waals surface area (Å²) in [4.78, 5) is 13.3. The van der Waals surface area contributed by atoms with Gasteiger partial charge in [-0.25, -0.2) is 0 Å². The Morgan fingerprint density at radius 1 is 0.935 bits per heavy atom. The molecule has 0 spiro atoms. The highest BCUT2D eigenvalue weighted by Crippen LogP contribution is 2.51. The Hall–Kier alpha value is -3.27. The number of hydrogen-bond donors (Lipinski definition) is 1. The summed E-state index contributed by atoms with van der Waals surface area (Å²) in [5.74, 6) is 2.01. The minimum absolute atomic E-state index is 0.0383. The molecule has 1 N–H and O–H groups in total. The largest absolute Gasteiger partial charge is 0.454 e. The molecule has 4 nitrogen and oxygen atoms in total. The van der Waals surface area contributed by atoms with Gasteiger partial charge in [-0.15, -0.1) is 0 Å². The molecule has 1 amide bonds. The predicted octanol–water partition coefficient (Wildman–Crippen LogP) is 6.18. The number of hydrogen-bond acceptors (Lipinski definition) is 3. The lowest BCUT2D eigenvalue weighted by Crippen LogP contribution is -2.27. The van der Waals surface area contributed by atoms with Crippen LogP contribution in [0.4, 0.5) is 5.69 Å². The van der Waals surface area contributed by atoms with Crippen molar-refractivity contribution in [3.63, 3.8) is 0 Å². The van der Waals surface area contributed by atoms with Gasteiger partial charge in [0.05, 0.1) is 5.41 Å². The van der Waals surface area contributed by atoms with E-state index in [0.29, 0.717) is 5.92 Å². The number of ether oxygens (including phenoxy) is 2. The zero-order valence-corrected chi connectivity index (χ0v) is 18.2. The second-order valence-corrected chi connectivity index (χ2v) is 8.91. The van der Waals surface area contributed by atoms with Crippen molar-refractivity contribution in [3.05, 3.63) is 77.4 Å². The summed E-state index contributed by atoms with van der Waals surface area (Å²) in [6.45, 7) is 6.74. The Balaban J connectivity index is 1.39. The molecule has 0 radical (unpaired) electrons. The first-order valence-electron chi connectivity index (χ1n) is 10.9. The molecule has 0 aromatic heterocycles. The van der Waals surface area contributed by atoms with Crippen molar-refractivity contribution in [1.82, 2.24) is 0 Å². The average Bonchev–Trinajstić information content (AvgIpc) is 3.46. The molecule has 1 aliphatic carbocycles. The Morgan fingerprint density at radius 2 is 1.68 bits per heavy atom. The van der Waals surface area contributed by atoms with Crippen LogP contribution in [0.2, 0.25) is 0 Å². The van der Waals surface area contributed by atoms with E-state index in [-0.39, 0.29) is 12.7 Å². The van der Waals surface area contributed by atoms with Crippen molar-refractivity contribution in [3.8, 4) is 22.6 Å². The topological polar surface area (TPSA) is 47.6 Å². The highest BCUT2D eigenvalue weighted by molar-refractivity contribution is 6.02. The summed E-state index contributed by atoms with van der Waals surface area (Å²) in [5, 5.41) is 3.17. The molecule has 1 heterocycles. The minimum atomic E-state index is -0.481. The van der Waals surface area contributed by atoms with Crippen molar-refractivity contribution in [1.29, 1.82) is 0 Å². The molecule has 5 rings (SSSR count). The van der Waals surface area contributed by atoms with Crippen LogP contribution >= 0.6 is 0 Å². The first-order valence-corrected chi connectivity index (χ1v) is 10.9. The van der Waals surface area contributed by atoms with Crippen LogP contribution in [0.15, 0.2) is 60.7 Å². The molecule has 158 valence electrons. The number of amides is 1. The zero-order chi connectivity index (χ0) is 21.6. The van der Waals surface area contributed by atoms with Gasteiger partial charge >= 0.3 is 0 Å². The molecule has 0 unspecified atom stereocenters. The number of benzene rings is 3. The summed E-state index contributed by atoms with van der Waals surface area (Å²) in [7, 11) is 0. The molecule has 31 heavy (non-hydrogen) atoms. The maximum absolute atomic E-state index is 13.3. The number of anilines is 1. The highest BCUT2D eigenvalue weighted by atomic mass is 16.7. The molecule has 1 saturated carbocycles. The Kier molecular flexibility index (Phi) is 4.73. The smallest absolute Gasteiger partial charge is 0.235 e. The van der Waals surface area contributed by atoms with Gasteiger partial charge in [0.25, 0.3) is 0 Å². The molecule has 0 atom stereocenters. The van der Waals surface area contributed by atoms with Gasteiger partial charge in [-0.1, -0.05) is 50.2 Å². The van der Waals surface area contributed by atoms with Gasteiger partial charge < -0.3 is 14.8 Å². The van der Waals surface area contributed by atoms with Crippen molar-refractivity contribution >= 4 is 11.6 Å². The fourth-order valence-electron chi connectivity index (χ4n) is 4.28. The van der Waals surface area contributed by atoms with Crippen LogP contribution in [-0.4, -0.2) is 12.7 Å². The quantitative estimate of drug-likeness (QED) is 0.543. The number of rotatable bonds is 5. The molecule has 3 aromatic carbocycles. The summed E-state index contributed by atoms with van der Waals surface area (Å²) >= 11 is 0. The van der Waals surface area contributed by atoms with E-state index in [1.807, 2.05) is 24.3 Å². The van der Waals surface area contributed by atoms with E-state index in [1.165, 1.54) is 11.1 Å². The van der Waals surface area contributed by atoms with E-state index < -0.39 is 5.41 Å². The third-order valence-electron chi connectivity index (χ3n) is 6.49. The Labute approximate surface area is 183 Å². The fraction of sp³-hybridized carbons (Fsp3) is 0.296. The first-order chi connectivity index (χ1) is 15.0. The normalized spacial score (nSPS) is 15.7. The van der Waals surface area contributed by atoms with Crippen molar-refractivity contribution in [2.24, 2.45) is 0 Å². The van der Waals surface area contributed by atoms with Gasteiger partial charge in [0.15, 0.2) is 11.5 Å².